The summed E-state index contributed by atoms with van der Waals surface area (Å²) in [4.78, 5) is 5.41. The number of hydrogen-bond donors (Lipinski definition) is 0. The molecule has 9 aromatic carbocycles. The standard InChI is InChI=1S/C65H42N2S3Si/c1-39-19-25-43(26-20-39)71(44-27-21-40(2)22-28-44)59-18-10-5-13-47(59)61-60(71)32-30-56-62(61)65(51-33-35-68-63(51)64-52(65)34-36-69-64)50-14-6-8-16-55(50)67(56)41-23-29-54-48(37-41)45-11-3-7-15-53(45)66(54)42-24-31-58-49(38-42)46-12-4-9-17-57(46)70-58/h3-38H,1-2H3. The maximum atomic E-state index is 2.61. The second-order valence-corrected chi connectivity index (χ2v) is 26.3. The van der Waals surface area contributed by atoms with Crippen molar-refractivity contribution in [2.24, 2.45) is 0 Å². The smallest absolute Gasteiger partial charge is 0.180 e. The predicted octanol–water partition coefficient (Wildman–Crippen LogP) is 15.4. The Labute approximate surface area is 424 Å². The molecule has 0 N–H and O–H groups in total. The quantitative estimate of drug-likeness (QED) is 0.160. The lowest BCUT2D eigenvalue weighted by Crippen LogP contribution is -2.72. The van der Waals surface area contributed by atoms with Crippen LogP contribution in [-0.2, 0) is 5.41 Å². The first-order valence-corrected chi connectivity index (χ1v) is 29.0. The Morgan fingerprint density at radius 1 is 0.437 bits per heavy atom. The zero-order valence-electron chi connectivity index (χ0n) is 38.9. The van der Waals surface area contributed by atoms with Crippen LogP contribution in [0.5, 0.6) is 0 Å². The van der Waals surface area contributed by atoms with Crippen LogP contribution in [0.15, 0.2) is 217 Å². The van der Waals surface area contributed by atoms with Crippen molar-refractivity contribution in [1.82, 2.24) is 4.57 Å². The molecule has 71 heavy (non-hydrogen) atoms. The van der Waals surface area contributed by atoms with Gasteiger partial charge in [-0.25, -0.2) is 0 Å². The van der Waals surface area contributed by atoms with Crippen LogP contribution in [0.1, 0.15) is 33.4 Å². The molecule has 0 saturated carbocycles. The van der Waals surface area contributed by atoms with Gasteiger partial charge in [0.1, 0.15) is 0 Å². The van der Waals surface area contributed by atoms with Gasteiger partial charge in [0.25, 0.3) is 0 Å². The van der Waals surface area contributed by atoms with Gasteiger partial charge in [-0.05, 0) is 146 Å². The highest BCUT2D eigenvalue weighted by Crippen LogP contribution is 2.67. The van der Waals surface area contributed by atoms with Crippen LogP contribution in [-0.4, -0.2) is 12.6 Å². The second-order valence-electron chi connectivity index (χ2n) is 19.7. The zero-order valence-corrected chi connectivity index (χ0v) is 42.4. The van der Waals surface area contributed by atoms with Gasteiger partial charge >= 0.3 is 0 Å². The van der Waals surface area contributed by atoms with E-state index in [1.54, 1.807) is 0 Å². The molecule has 0 fully saturated rings. The summed E-state index contributed by atoms with van der Waals surface area (Å²) in [6.45, 7) is 4.42. The van der Waals surface area contributed by atoms with Crippen LogP contribution in [0.25, 0.3) is 68.5 Å². The van der Waals surface area contributed by atoms with E-state index in [2.05, 4.69) is 240 Å². The summed E-state index contributed by atoms with van der Waals surface area (Å²) in [5.74, 6) is 0. The Hall–Kier alpha value is -7.58. The molecule has 13 aromatic rings. The van der Waals surface area contributed by atoms with Crippen molar-refractivity contribution in [3.05, 3.63) is 250 Å². The Bertz CT molecular complexity index is 4310. The molecule has 2 nitrogen and oxygen atoms in total. The number of aromatic nitrogens is 1. The van der Waals surface area contributed by atoms with E-state index in [1.807, 2.05) is 34.0 Å². The third-order valence-corrected chi connectivity index (χ3v) is 24.2. The fraction of sp³-hybridized carbons (Fsp3) is 0.0462. The van der Waals surface area contributed by atoms with Crippen LogP contribution in [0.3, 0.4) is 0 Å². The molecule has 0 saturated heterocycles. The molecule has 6 heteroatoms. The molecule has 2 aliphatic heterocycles. The van der Waals surface area contributed by atoms with Crippen molar-refractivity contribution < 1.29 is 0 Å². The molecule has 3 aliphatic rings. The number of fused-ring (bicyclic) bond motifs is 19. The fourth-order valence-corrected chi connectivity index (χ4v) is 21.7. The Kier molecular flexibility index (Phi) is 8.21. The number of rotatable bonds is 4. The lowest BCUT2D eigenvalue weighted by molar-refractivity contribution is 0.759. The van der Waals surface area contributed by atoms with Crippen molar-refractivity contribution in [1.29, 1.82) is 0 Å². The molecular formula is C65H42N2S3Si. The van der Waals surface area contributed by atoms with Gasteiger partial charge < -0.3 is 9.47 Å². The fourth-order valence-electron chi connectivity index (χ4n) is 13.3. The molecule has 1 spiro atoms. The van der Waals surface area contributed by atoms with Gasteiger partial charge in [-0.15, -0.1) is 34.0 Å². The van der Waals surface area contributed by atoms with Gasteiger partial charge in [-0.2, -0.15) is 0 Å². The number of aryl methyl sites for hydroxylation is 2. The molecule has 6 heterocycles. The summed E-state index contributed by atoms with van der Waals surface area (Å²) in [6.07, 6.45) is 0. The third kappa shape index (κ3) is 5.10. The van der Waals surface area contributed by atoms with Crippen LogP contribution >= 0.6 is 34.0 Å². The maximum Gasteiger partial charge on any atom is 0.180 e. The summed E-state index contributed by atoms with van der Waals surface area (Å²) < 4.78 is 5.12. The molecule has 0 radical (unpaired) electrons. The summed E-state index contributed by atoms with van der Waals surface area (Å²) in [5.41, 5.74) is 17.5. The third-order valence-electron chi connectivity index (χ3n) is 16.2. The second kappa shape index (κ2) is 14.5. The molecule has 0 amide bonds. The summed E-state index contributed by atoms with van der Waals surface area (Å²) in [7, 11) is -2.88. The van der Waals surface area contributed by atoms with E-state index >= 15 is 0 Å². The van der Waals surface area contributed by atoms with E-state index in [1.165, 1.54) is 134 Å². The lowest BCUT2D eigenvalue weighted by Gasteiger charge is -2.46. The van der Waals surface area contributed by atoms with Crippen molar-refractivity contribution in [3.8, 4) is 26.6 Å². The number of anilines is 3. The van der Waals surface area contributed by atoms with Gasteiger partial charge in [-0.3, -0.25) is 0 Å². The molecule has 16 rings (SSSR count). The number of benzene rings is 9. The monoisotopic (exact) mass is 974 g/mol. The van der Waals surface area contributed by atoms with Gasteiger partial charge in [0.05, 0.1) is 27.8 Å². The maximum absolute atomic E-state index is 2.88. The Balaban J connectivity index is 1.01. The van der Waals surface area contributed by atoms with Crippen molar-refractivity contribution in [2.75, 3.05) is 4.90 Å². The first-order chi connectivity index (χ1) is 35.0. The van der Waals surface area contributed by atoms with E-state index in [0.717, 1.165) is 5.69 Å². The SMILES string of the molecule is Cc1ccc([Si]2(c3ccc(C)cc3)c3ccccc3-c3c2ccc2c3C3(c4ccccc4N2c2ccc4c(c2)c2ccccc2n4-c2ccc4sc5ccccc5c4c2)c2ccsc2-c2sccc23)cc1. The molecule has 0 atom stereocenters. The average Bonchev–Trinajstić information content (AvgIpc) is 4.29. The van der Waals surface area contributed by atoms with Gasteiger partial charge in [0, 0.05) is 57.6 Å². The first-order valence-electron chi connectivity index (χ1n) is 24.5. The highest BCUT2D eigenvalue weighted by molar-refractivity contribution is 7.26. The minimum absolute atomic E-state index is 0.540. The van der Waals surface area contributed by atoms with E-state index in [4.69, 9.17) is 0 Å². The Morgan fingerprint density at radius 2 is 1.06 bits per heavy atom. The van der Waals surface area contributed by atoms with E-state index in [9.17, 15) is 0 Å². The van der Waals surface area contributed by atoms with Crippen LogP contribution in [0.2, 0.25) is 0 Å². The van der Waals surface area contributed by atoms with Gasteiger partial charge in [0.15, 0.2) is 8.07 Å². The molecule has 1 aliphatic carbocycles. The topological polar surface area (TPSA) is 8.17 Å². The van der Waals surface area contributed by atoms with E-state index < -0.39 is 13.5 Å². The van der Waals surface area contributed by atoms with Crippen LogP contribution in [0, 0.1) is 13.8 Å². The van der Waals surface area contributed by atoms with Crippen molar-refractivity contribution >= 4 is 122 Å². The summed E-state index contributed by atoms with van der Waals surface area (Å²) in [5, 5.41) is 15.6. The average molecular weight is 975 g/mol. The highest BCUT2D eigenvalue weighted by Gasteiger charge is 2.58. The largest absolute Gasteiger partial charge is 0.310 e. The molecule has 334 valence electrons. The zero-order chi connectivity index (χ0) is 46.7. The van der Waals surface area contributed by atoms with Gasteiger partial charge in [0.2, 0.25) is 0 Å². The summed E-state index contributed by atoms with van der Waals surface area (Å²) >= 11 is 5.67. The number of thiophene rings is 3. The minimum atomic E-state index is -2.88. The molecular weight excluding hydrogens is 933 g/mol. The van der Waals surface area contributed by atoms with Gasteiger partial charge in [-0.1, -0.05) is 145 Å². The Morgan fingerprint density at radius 3 is 1.83 bits per heavy atom. The number of para-hydroxylation sites is 2. The van der Waals surface area contributed by atoms with Crippen LogP contribution in [0.4, 0.5) is 17.1 Å². The number of hydrogen-bond acceptors (Lipinski definition) is 4. The first kappa shape index (κ1) is 40.2. The van der Waals surface area contributed by atoms with Crippen LogP contribution < -0.4 is 25.6 Å². The molecule has 0 unspecified atom stereocenters. The molecule has 0 bridgehead atoms. The predicted molar refractivity (Wildman–Crippen MR) is 307 cm³/mol. The van der Waals surface area contributed by atoms with Crippen molar-refractivity contribution in [2.45, 2.75) is 19.3 Å². The highest BCUT2D eigenvalue weighted by atomic mass is 32.1. The number of nitrogens with zero attached hydrogens (tertiary/aromatic N) is 2. The van der Waals surface area contributed by atoms with E-state index in [-0.39, 0.29) is 0 Å². The molecule has 4 aromatic heterocycles. The lowest BCUT2D eigenvalue weighted by atomic mass is 9.63. The normalized spacial score (nSPS) is 14.5. The summed E-state index contributed by atoms with van der Waals surface area (Å²) in [6, 6.07) is 79.9. The van der Waals surface area contributed by atoms with E-state index in [0.29, 0.717) is 0 Å². The minimum Gasteiger partial charge on any atom is -0.310 e. The van der Waals surface area contributed by atoms with Crippen molar-refractivity contribution in [3.63, 3.8) is 0 Å².